The lowest BCUT2D eigenvalue weighted by Crippen LogP contribution is -2.60. The van der Waals surface area contributed by atoms with E-state index in [4.69, 9.17) is 0 Å². The van der Waals surface area contributed by atoms with Gasteiger partial charge in [0.25, 0.3) is 10.0 Å². The number of hydrogen-bond acceptors (Lipinski definition) is 3. The second-order valence-corrected chi connectivity index (χ2v) is 9.01. The maximum absolute atomic E-state index is 13.0. The molecule has 5 rings (SSSR count). The third-order valence-corrected chi connectivity index (χ3v) is 7.62. The predicted octanol–water partition coefficient (Wildman–Crippen LogP) is 1.64. The molecule has 0 bridgehead atoms. The molecule has 21 heavy (non-hydrogen) atoms. The number of aryl methyl sites for hydroxylation is 1. The molecular weight excluding hydrogens is 286 g/mol. The minimum Gasteiger partial charge on any atom is -0.318 e. The van der Waals surface area contributed by atoms with Gasteiger partial charge in [-0.1, -0.05) is 0 Å². The highest BCUT2D eigenvalue weighted by Crippen LogP contribution is 2.53. The van der Waals surface area contributed by atoms with Crippen molar-refractivity contribution in [2.24, 2.45) is 17.8 Å². The normalized spacial score (nSPS) is 33.0. The zero-order valence-electron chi connectivity index (χ0n) is 12.1. The molecule has 114 valence electrons. The summed E-state index contributed by atoms with van der Waals surface area (Å²) in [6.45, 7) is 1.55. The Bertz CT molecular complexity index is 688. The van der Waals surface area contributed by atoms with Crippen LogP contribution in [0.25, 0.3) is 0 Å². The van der Waals surface area contributed by atoms with Crippen molar-refractivity contribution in [2.75, 3.05) is 6.54 Å². The van der Waals surface area contributed by atoms with Gasteiger partial charge in [0.15, 0.2) is 5.03 Å². The van der Waals surface area contributed by atoms with Crippen LogP contribution in [-0.4, -0.2) is 34.9 Å². The first kappa shape index (κ1) is 12.6. The second kappa shape index (κ2) is 4.10. The summed E-state index contributed by atoms with van der Waals surface area (Å²) in [4.78, 5) is 4.31. The van der Waals surface area contributed by atoms with Crippen molar-refractivity contribution in [2.45, 2.75) is 56.1 Å². The summed E-state index contributed by atoms with van der Waals surface area (Å²) in [6, 6.07) is 0.287. The summed E-state index contributed by atoms with van der Waals surface area (Å²) in [5.41, 5.74) is 0. The molecule has 0 radical (unpaired) electrons. The van der Waals surface area contributed by atoms with Crippen molar-refractivity contribution in [3.8, 4) is 0 Å². The standard InChI is InChI=1S/C15H21N3O2S/c19-21(20,14-8-16-13-2-1-7-17(13)14)18-9-12(10-3-4-10)15(18)11-5-6-11/h8,10-12,15H,1-7,9H2. The van der Waals surface area contributed by atoms with Gasteiger partial charge in [-0.2, -0.15) is 4.31 Å². The van der Waals surface area contributed by atoms with Gasteiger partial charge in [-0.05, 0) is 49.9 Å². The second-order valence-electron chi connectivity index (χ2n) is 7.17. The molecule has 0 spiro atoms. The maximum atomic E-state index is 13.0. The predicted molar refractivity (Wildman–Crippen MR) is 77.2 cm³/mol. The molecule has 3 heterocycles. The van der Waals surface area contributed by atoms with Gasteiger partial charge in [-0.3, -0.25) is 0 Å². The van der Waals surface area contributed by atoms with Gasteiger partial charge in [0, 0.05) is 25.6 Å². The van der Waals surface area contributed by atoms with Crippen LogP contribution in [0.2, 0.25) is 0 Å². The molecule has 0 N–H and O–H groups in total. The lowest BCUT2D eigenvalue weighted by molar-refractivity contribution is 0.0652. The Hall–Kier alpha value is -0.880. The number of hydrogen-bond donors (Lipinski definition) is 0. The molecule has 1 aromatic rings. The van der Waals surface area contributed by atoms with E-state index in [0.29, 0.717) is 16.9 Å². The van der Waals surface area contributed by atoms with E-state index in [-0.39, 0.29) is 6.04 Å². The molecule has 0 aromatic carbocycles. The van der Waals surface area contributed by atoms with Gasteiger partial charge < -0.3 is 4.57 Å². The van der Waals surface area contributed by atoms with E-state index in [1.807, 2.05) is 4.57 Å². The smallest absolute Gasteiger partial charge is 0.260 e. The maximum Gasteiger partial charge on any atom is 0.260 e. The van der Waals surface area contributed by atoms with Crippen LogP contribution < -0.4 is 0 Å². The van der Waals surface area contributed by atoms with Gasteiger partial charge >= 0.3 is 0 Å². The van der Waals surface area contributed by atoms with Crippen LogP contribution in [0.15, 0.2) is 11.2 Å². The molecule has 6 heteroatoms. The average molecular weight is 307 g/mol. The fraction of sp³-hybridized carbons (Fsp3) is 0.800. The Kier molecular flexibility index (Phi) is 2.47. The Morgan fingerprint density at radius 3 is 2.62 bits per heavy atom. The zero-order valence-corrected chi connectivity index (χ0v) is 12.9. The number of sulfonamides is 1. The molecule has 2 aliphatic heterocycles. The molecular formula is C15H21N3O2S. The van der Waals surface area contributed by atoms with Crippen LogP contribution in [0.4, 0.5) is 0 Å². The topological polar surface area (TPSA) is 55.2 Å². The summed E-state index contributed by atoms with van der Waals surface area (Å²) in [6.07, 6.45) is 8.55. The molecule has 1 aromatic heterocycles. The summed E-state index contributed by atoms with van der Waals surface area (Å²) < 4.78 is 29.8. The van der Waals surface area contributed by atoms with E-state index < -0.39 is 10.0 Å². The van der Waals surface area contributed by atoms with Gasteiger partial charge in [0.05, 0.1) is 6.20 Å². The number of nitrogens with zero attached hydrogens (tertiary/aromatic N) is 3. The zero-order chi connectivity index (χ0) is 14.2. The number of aromatic nitrogens is 2. The average Bonchev–Trinajstić information content (AvgIpc) is 3.29. The first-order chi connectivity index (χ1) is 10.2. The van der Waals surface area contributed by atoms with Gasteiger partial charge in [-0.25, -0.2) is 13.4 Å². The molecule has 1 saturated heterocycles. The highest BCUT2D eigenvalue weighted by Gasteiger charge is 2.57. The van der Waals surface area contributed by atoms with E-state index in [0.717, 1.165) is 37.7 Å². The van der Waals surface area contributed by atoms with Crippen molar-refractivity contribution in [1.29, 1.82) is 0 Å². The van der Waals surface area contributed by atoms with E-state index in [9.17, 15) is 8.42 Å². The highest BCUT2D eigenvalue weighted by atomic mass is 32.2. The molecule has 0 amide bonds. The van der Waals surface area contributed by atoms with E-state index in [1.54, 1.807) is 10.5 Å². The Morgan fingerprint density at radius 2 is 1.90 bits per heavy atom. The lowest BCUT2D eigenvalue weighted by atomic mass is 9.84. The van der Waals surface area contributed by atoms with Gasteiger partial charge in [0.2, 0.25) is 0 Å². The fourth-order valence-electron chi connectivity index (χ4n) is 4.30. The van der Waals surface area contributed by atoms with E-state index in [1.165, 1.54) is 25.7 Å². The van der Waals surface area contributed by atoms with Crippen LogP contribution in [-0.2, 0) is 23.0 Å². The van der Waals surface area contributed by atoms with Crippen molar-refractivity contribution in [3.05, 3.63) is 12.0 Å². The molecule has 4 aliphatic rings. The van der Waals surface area contributed by atoms with Crippen LogP contribution in [0, 0.1) is 17.8 Å². The van der Waals surface area contributed by atoms with Crippen LogP contribution >= 0.6 is 0 Å². The molecule has 3 fully saturated rings. The summed E-state index contributed by atoms with van der Waals surface area (Å²) in [7, 11) is -3.34. The minimum atomic E-state index is -3.34. The molecule has 2 saturated carbocycles. The van der Waals surface area contributed by atoms with Crippen LogP contribution in [0.1, 0.15) is 37.9 Å². The third kappa shape index (κ3) is 1.78. The largest absolute Gasteiger partial charge is 0.318 e. The number of fused-ring (bicyclic) bond motifs is 1. The number of imidazole rings is 1. The van der Waals surface area contributed by atoms with Crippen molar-refractivity contribution < 1.29 is 8.42 Å². The highest BCUT2D eigenvalue weighted by molar-refractivity contribution is 7.89. The molecule has 2 aliphatic carbocycles. The minimum absolute atomic E-state index is 0.287. The lowest BCUT2D eigenvalue weighted by Gasteiger charge is -2.47. The fourth-order valence-corrected chi connectivity index (χ4v) is 6.22. The SMILES string of the molecule is O=S(=O)(c1cnc2n1CCC2)N1CC(C2CC2)C1C1CC1. The number of rotatable bonds is 4. The summed E-state index contributed by atoms with van der Waals surface area (Å²) >= 11 is 0. The molecule has 2 atom stereocenters. The first-order valence-corrected chi connectivity index (χ1v) is 9.66. The third-order valence-electron chi connectivity index (χ3n) is 5.75. The van der Waals surface area contributed by atoms with Crippen LogP contribution in [0.5, 0.6) is 0 Å². The van der Waals surface area contributed by atoms with Crippen molar-refractivity contribution in [1.82, 2.24) is 13.9 Å². The summed E-state index contributed by atoms with van der Waals surface area (Å²) in [5, 5.41) is 0.440. The van der Waals surface area contributed by atoms with Crippen molar-refractivity contribution in [3.63, 3.8) is 0 Å². The Morgan fingerprint density at radius 1 is 1.14 bits per heavy atom. The molecule has 5 nitrogen and oxygen atoms in total. The van der Waals surface area contributed by atoms with Crippen molar-refractivity contribution >= 4 is 10.0 Å². The van der Waals surface area contributed by atoms with Crippen LogP contribution in [0.3, 0.4) is 0 Å². The first-order valence-electron chi connectivity index (χ1n) is 8.22. The van der Waals surface area contributed by atoms with E-state index >= 15 is 0 Å². The summed E-state index contributed by atoms with van der Waals surface area (Å²) in [5.74, 6) is 3.00. The monoisotopic (exact) mass is 307 g/mol. The van der Waals surface area contributed by atoms with E-state index in [2.05, 4.69) is 4.98 Å². The Balaban J connectivity index is 1.48. The van der Waals surface area contributed by atoms with Gasteiger partial charge in [-0.15, -0.1) is 0 Å². The quantitative estimate of drug-likeness (QED) is 0.850. The van der Waals surface area contributed by atoms with Gasteiger partial charge in [0.1, 0.15) is 5.82 Å². The Labute approximate surface area is 125 Å². The molecule has 2 unspecified atom stereocenters.